The Balaban J connectivity index is 2.14. The van der Waals surface area contributed by atoms with Crippen LogP contribution in [-0.4, -0.2) is 32.7 Å². The van der Waals surface area contributed by atoms with Crippen LogP contribution in [0.3, 0.4) is 0 Å². The minimum absolute atomic E-state index is 0.159. The van der Waals surface area contributed by atoms with Crippen molar-refractivity contribution in [2.75, 3.05) is 12.4 Å². The molecule has 0 aliphatic carbocycles. The number of nitrogens with one attached hydrogen (secondary N) is 2. The second-order valence-corrected chi connectivity index (χ2v) is 5.81. The molecule has 0 spiro atoms. The van der Waals surface area contributed by atoms with E-state index in [1.165, 1.54) is 7.11 Å². The lowest BCUT2D eigenvalue weighted by atomic mass is 10.1. The zero-order chi connectivity index (χ0) is 18.0. The smallest absolute Gasteiger partial charge is 0.319 e. The fraction of sp³-hybridized carbons (Fsp3) is 0.562. The van der Waals surface area contributed by atoms with Gasteiger partial charge in [0.2, 0.25) is 0 Å². The molecule has 0 bridgehead atoms. The lowest BCUT2D eigenvalue weighted by molar-refractivity contribution is 0.249. The SMILES string of the molecule is CCn1nc(C)c([C@@H](C)NC(=O)Nc2c(OC)nn(C)c2C)c1C. The summed E-state index contributed by atoms with van der Waals surface area (Å²) in [5.74, 6) is 0.393. The molecule has 24 heavy (non-hydrogen) atoms. The molecule has 0 unspecified atom stereocenters. The van der Waals surface area contributed by atoms with Gasteiger partial charge in [0.25, 0.3) is 5.88 Å². The van der Waals surface area contributed by atoms with Crippen LogP contribution in [0.25, 0.3) is 0 Å². The molecule has 2 aromatic heterocycles. The van der Waals surface area contributed by atoms with Gasteiger partial charge in [-0.1, -0.05) is 0 Å². The Morgan fingerprint density at radius 2 is 1.92 bits per heavy atom. The zero-order valence-electron chi connectivity index (χ0n) is 15.4. The van der Waals surface area contributed by atoms with Gasteiger partial charge in [-0.15, -0.1) is 5.10 Å². The summed E-state index contributed by atoms with van der Waals surface area (Å²) in [5.41, 5.74) is 4.43. The van der Waals surface area contributed by atoms with Crippen molar-refractivity contribution < 1.29 is 9.53 Å². The van der Waals surface area contributed by atoms with E-state index in [2.05, 4.69) is 20.8 Å². The van der Waals surface area contributed by atoms with Crippen molar-refractivity contribution in [3.05, 3.63) is 22.6 Å². The molecule has 0 aromatic carbocycles. The minimum Gasteiger partial charge on any atom is -0.478 e. The third kappa shape index (κ3) is 3.22. The van der Waals surface area contributed by atoms with E-state index in [1.54, 1.807) is 11.7 Å². The average Bonchev–Trinajstić information content (AvgIpc) is 2.97. The predicted molar refractivity (Wildman–Crippen MR) is 92.4 cm³/mol. The normalized spacial score (nSPS) is 12.1. The summed E-state index contributed by atoms with van der Waals surface area (Å²) in [7, 11) is 3.33. The maximum atomic E-state index is 12.4. The van der Waals surface area contributed by atoms with Crippen LogP contribution in [-0.2, 0) is 13.6 Å². The fourth-order valence-corrected chi connectivity index (χ4v) is 2.93. The Labute approximate surface area is 142 Å². The zero-order valence-corrected chi connectivity index (χ0v) is 15.4. The van der Waals surface area contributed by atoms with Crippen molar-refractivity contribution in [3.8, 4) is 5.88 Å². The maximum absolute atomic E-state index is 12.4. The number of anilines is 1. The number of urea groups is 1. The summed E-state index contributed by atoms with van der Waals surface area (Å²) >= 11 is 0. The highest BCUT2D eigenvalue weighted by atomic mass is 16.5. The topological polar surface area (TPSA) is 86.0 Å². The van der Waals surface area contributed by atoms with Crippen molar-refractivity contribution in [1.82, 2.24) is 24.9 Å². The number of ether oxygens (including phenoxy) is 1. The lowest BCUT2D eigenvalue weighted by Gasteiger charge is -2.16. The van der Waals surface area contributed by atoms with Gasteiger partial charge in [0.15, 0.2) is 0 Å². The molecule has 2 rings (SSSR count). The number of amides is 2. The molecule has 8 nitrogen and oxygen atoms in total. The standard InChI is InChI=1S/C16H26N6O2/c1-8-22-11(4)13(10(3)19-22)9(2)17-16(23)18-14-12(5)21(6)20-15(14)24-7/h9H,8H2,1-7H3,(H2,17,18,23)/t9-/m1/s1. The van der Waals surface area contributed by atoms with Crippen LogP contribution in [0.4, 0.5) is 10.5 Å². The van der Waals surface area contributed by atoms with Gasteiger partial charge in [0, 0.05) is 24.8 Å². The third-order valence-corrected chi connectivity index (χ3v) is 4.25. The second kappa shape index (κ2) is 6.94. The first-order chi connectivity index (χ1) is 11.3. The molecule has 2 aromatic rings. The summed E-state index contributed by atoms with van der Waals surface area (Å²) in [6.07, 6.45) is 0. The van der Waals surface area contributed by atoms with Crippen LogP contribution in [0.15, 0.2) is 0 Å². The molecule has 0 aliphatic heterocycles. The van der Waals surface area contributed by atoms with Crippen LogP contribution in [0.1, 0.15) is 42.5 Å². The van der Waals surface area contributed by atoms with E-state index in [4.69, 9.17) is 4.74 Å². The predicted octanol–water partition coefficient (Wildman–Crippen LogP) is 2.45. The van der Waals surface area contributed by atoms with Crippen LogP contribution in [0, 0.1) is 20.8 Å². The average molecular weight is 334 g/mol. The second-order valence-electron chi connectivity index (χ2n) is 5.81. The maximum Gasteiger partial charge on any atom is 0.319 e. The quantitative estimate of drug-likeness (QED) is 0.879. The van der Waals surface area contributed by atoms with E-state index in [1.807, 2.05) is 39.3 Å². The molecule has 2 N–H and O–H groups in total. The number of hydrogen-bond donors (Lipinski definition) is 2. The molecule has 0 saturated heterocycles. The molecule has 0 radical (unpaired) electrons. The first-order valence-electron chi connectivity index (χ1n) is 7.99. The van der Waals surface area contributed by atoms with Gasteiger partial charge in [-0.2, -0.15) is 5.10 Å². The van der Waals surface area contributed by atoms with E-state index in [-0.39, 0.29) is 12.1 Å². The molecule has 1 atom stereocenters. The number of nitrogens with zero attached hydrogens (tertiary/aromatic N) is 4. The number of aryl methyl sites for hydroxylation is 3. The molecule has 0 aliphatic rings. The Morgan fingerprint density at radius 3 is 2.46 bits per heavy atom. The van der Waals surface area contributed by atoms with Gasteiger partial charge >= 0.3 is 6.03 Å². The molecular formula is C16H26N6O2. The largest absolute Gasteiger partial charge is 0.478 e. The third-order valence-electron chi connectivity index (χ3n) is 4.25. The molecular weight excluding hydrogens is 308 g/mol. The number of rotatable bonds is 5. The van der Waals surface area contributed by atoms with E-state index >= 15 is 0 Å². The van der Waals surface area contributed by atoms with Crippen LogP contribution >= 0.6 is 0 Å². The van der Waals surface area contributed by atoms with Gasteiger partial charge in [-0.05, 0) is 34.6 Å². The number of carbonyl (C=O) groups is 1. The summed E-state index contributed by atoms with van der Waals surface area (Å²) in [6.45, 7) is 10.6. The van der Waals surface area contributed by atoms with E-state index in [9.17, 15) is 4.79 Å². The highest BCUT2D eigenvalue weighted by molar-refractivity contribution is 5.91. The van der Waals surface area contributed by atoms with Gasteiger partial charge in [0.1, 0.15) is 5.69 Å². The van der Waals surface area contributed by atoms with Crippen molar-refractivity contribution >= 4 is 11.7 Å². The van der Waals surface area contributed by atoms with E-state index < -0.39 is 0 Å². The Bertz CT molecular complexity index is 746. The molecule has 0 saturated carbocycles. The molecule has 8 heteroatoms. The Kier molecular flexibility index (Phi) is 5.16. The summed E-state index contributed by atoms with van der Waals surface area (Å²) in [5, 5.41) is 14.5. The van der Waals surface area contributed by atoms with Crippen LogP contribution in [0.5, 0.6) is 5.88 Å². The monoisotopic (exact) mass is 334 g/mol. The number of aromatic nitrogens is 4. The first kappa shape index (κ1) is 17.8. The number of methoxy groups -OCH3 is 1. The molecule has 2 heterocycles. The summed E-state index contributed by atoms with van der Waals surface area (Å²) in [4.78, 5) is 12.4. The molecule has 2 amide bonds. The van der Waals surface area contributed by atoms with Gasteiger partial charge in [0.05, 0.1) is 24.5 Å². The number of hydrogen-bond acceptors (Lipinski definition) is 4. The van der Waals surface area contributed by atoms with Gasteiger partial charge < -0.3 is 15.4 Å². The fourth-order valence-electron chi connectivity index (χ4n) is 2.93. The van der Waals surface area contributed by atoms with Crippen LogP contribution in [0.2, 0.25) is 0 Å². The van der Waals surface area contributed by atoms with Crippen molar-refractivity contribution in [2.24, 2.45) is 7.05 Å². The van der Waals surface area contributed by atoms with Crippen molar-refractivity contribution in [1.29, 1.82) is 0 Å². The van der Waals surface area contributed by atoms with E-state index in [0.29, 0.717) is 11.6 Å². The number of carbonyl (C=O) groups excluding carboxylic acids is 1. The van der Waals surface area contributed by atoms with Crippen LogP contribution < -0.4 is 15.4 Å². The summed E-state index contributed by atoms with van der Waals surface area (Å²) < 4.78 is 8.81. The van der Waals surface area contributed by atoms with Gasteiger partial charge in [-0.3, -0.25) is 9.36 Å². The van der Waals surface area contributed by atoms with E-state index in [0.717, 1.165) is 29.2 Å². The van der Waals surface area contributed by atoms with Gasteiger partial charge in [-0.25, -0.2) is 4.79 Å². The van der Waals surface area contributed by atoms with Crippen molar-refractivity contribution in [2.45, 2.75) is 47.2 Å². The molecule has 0 fully saturated rings. The highest BCUT2D eigenvalue weighted by Gasteiger charge is 2.21. The minimum atomic E-state index is -0.306. The highest BCUT2D eigenvalue weighted by Crippen LogP contribution is 2.27. The first-order valence-corrected chi connectivity index (χ1v) is 7.99. The summed E-state index contributed by atoms with van der Waals surface area (Å²) in [6, 6.07) is -0.465. The molecule has 132 valence electrons. The van der Waals surface area contributed by atoms with Crippen molar-refractivity contribution in [3.63, 3.8) is 0 Å². The lowest BCUT2D eigenvalue weighted by Crippen LogP contribution is -2.32. The Hall–Kier alpha value is -2.51. The Morgan fingerprint density at radius 1 is 1.25 bits per heavy atom.